The number of rotatable bonds is 3. The maximum Gasteiger partial charge on any atom is 0.256 e. The Morgan fingerprint density at radius 3 is 2.48 bits per heavy atom. The summed E-state index contributed by atoms with van der Waals surface area (Å²) >= 11 is 0. The van der Waals surface area contributed by atoms with Crippen molar-refractivity contribution in [1.29, 1.82) is 0 Å². The molecule has 1 aromatic carbocycles. The van der Waals surface area contributed by atoms with Gasteiger partial charge in [0.15, 0.2) is 0 Å². The number of ether oxygens (including phenoxy) is 1. The van der Waals surface area contributed by atoms with E-state index in [0.717, 1.165) is 49.4 Å². The van der Waals surface area contributed by atoms with Gasteiger partial charge in [-0.1, -0.05) is 18.6 Å². The molecule has 6 heteroatoms. The molecule has 1 unspecified atom stereocenters. The number of benzene rings is 1. The summed E-state index contributed by atoms with van der Waals surface area (Å²) in [5, 5.41) is 0. The van der Waals surface area contributed by atoms with E-state index in [1.54, 1.807) is 0 Å². The first-order valence-electron chi connectivity index (χ1n) is 9.45. The molecule has 0 amide bonds. The van der Waals surface area contributed by atoms with Gasteiger partial charge in [0.2, 0.25) is 0 Å². The smallest absolute Gasteiger partial charge is 0.256 e. The molecule has 0 aromatic heterocycles. The van der Waals surface area contributed by atoms with E-state index in [-0.39, 0.29) is 11.7 Å². The predicted molar refractivity (Wildman–Crippen MR) is 98.7 cm³/mol. The predicted octanol–water partition coefficient (Wildman–Crippen LogP) is 3.32. The number of hydrogen-bond donors (Lipinski definition) is 0. The summed E-state index contributed by atoms with van der Waals surface area (Å²) in [4.78, 5) is 2.14. The molecular formula is C19H26N2O3S. The SMILES string of the molecule is O=S1(=O)CCN2CCCC(c3ccc(OC4CCCCC4)cc3)C2=N1. The Morgan fingerprint density at radius 2 is 1.72 bits per heavy atom. The molecule has 2 heterocycles. The molecule has 0 radical (unpaired) electrons. The van der Waals surface area contributed by atoms with Gasteiger partial charge >= 0.3 is 0 Å². The molecule has 0 N–H and O–H groups in total. The lowest BCUT2D eigenvalue weighted by Gasteiger charge is -2.37. The third kappa shape index (κ3) is 3.84. The molecule has 1 aromatic rings. The Balaban J connectivity index is 1.51. The molecule has 2 fully saturated rings. The van der Waals surface area contributed by atoms with Crippen LogP contribution in [0.3, 0.4) is 0 Å². The number of fused-ring (bicyclic) bond motifs is 1. The van der Waals surface area contributed by atoms with Gasteiger partial charge in [0.25, 0.3) is 10.0 Å². The lowest BCUT2D eigenvalue weighted by atomic mass is 9.89. The molecular weight excluding hydrogens is 336 g/mol. The van der Waals surface area contributed by atoms with Crippen LogP contribution < -0.4 is 4.74 Å². The van der Waals surface area contributed by atoms with Crippen LogP contribution in [-0.2, 0) is 10.0 Å². The molecule has 1 aliphatic carbocycles. The van der Waals surface area contributed by atoms with Gasteiger partial charge in [-0.05, 0) is 56.2 Å². The van der Waals surface area contributed by atoms with E-state index in [0.29, 0.717) is 12.6 Å². The topological polar surface area (TPSA) is 59.0 Å². The van der Waals surface area contributed by atoms with E-state index in [1.807, 2.05) is 12.1 Å². The van der Waals surface area contributed by atoms with Crippen molar-refractivity contribution in [2.24, 2.45) is 4.40 Å². The van der Waals surface area contributed by atoms with Crippen molar-refractivity contribution < 1.29 is 13.2 Å². The van der Waals surface area contributed by atoms with E-state index in [2.05, 4.69) is 21.4 Å². The zero-order valence-electron chi connectivity index (χ0n) is 14.6. The first-order chi connectivity index (χ1) is 12.1. The van der Waals surface area contributed by atoms with Crippen molar-refractivity contribution in [3.8, 4) is 5.75 Å². The van der Waals surface area contributed by atoms with Crippen molar-refractivity contribution >= 4 is 15.9 Å². The summed E-state index contributed by atoms with van der Waals surface area (Å²) in [5.41, 5.74) is 1.14. The highest BCUT2D eigenvalue weighted by molar-refractivity contribution is 7.90. The second-order valence-corrected chi connectivity index (χ2v) is 9.12. The quantitative estimate of drug-likeness (QED) is 0.828. The second-order valence-electron chi connectivity index (χ2n) is 7.36. The third-order valence-electron chi connectivity index (χ3n) is 5.55. The fourth-order valence-electron chi connectivity index (χ4n) is 4.18. The molecule has 5 nitrogen and oxygen atoms in total. The molecule has 3 aliphatic rings. The summed E-state index contributed by atoms with van der Waals surface area (Å²) in [6.07, 6.45) is 8.50. The Morgan fingerprint density at radius 1 is 0.960 bits per heavy atom. The summed E-state index contributed by atoms with van der Waals surface area (Å²) in [7, 11) is -3.30. The minimum atomic E-state index is -3.30. The summed E-state index contributed by atoms with van der Waals surface area (Å²) < 4.78 is 34.0. The molecule has 1 saturated heterocycles. The van der Waals surface area contributed by atoms with Crippen LogP contribution in [0.4, 0.5) is 0 Å². The van der Waals surface area contributed by atoms with E-state index < -0.39 is 10.0 Å². The maximum absolute atomic E-state index is 11.9. The highest BCUT2D eigenvalue weighted by Gasteiger charge is 2.33. The Hall–Kier alpha value is -1.56. The van der Waals surface area contributed by atoms with Crippen LogP contribution in [0.1, 0.15) is 56.4 Å². The van der Waals surface area contributed by atoms with Crippen molar-refractivity contribution in [3.63, 3.8) is 0 Å². The van der Waals surface area contributed by atoms with E-state index in [1.165, 1.54) is 19.3 Å². The molecule has 136 valence electrons. The lowest BCUT2D eigenvalue weighted by molar-refractivity contribution is 0.155. The van der Waals surface area contributed by atoms with Crippen LogP contribution in [0.25, 0.3) is 0 Å². The van der Waals surface area contributed by atoms with Gasteiger partial charge in [-0.15, -0.1) is 4.40 Å². The molecule has 4 rings (SSSR count). The Kier molecular flexibility index (Phi) is 4.71. The first-order valence-corrected chi connectivity index (χ1v) is 11.1. The van der Waals surface area contributed by atoms with Crippen LogP contribution in [0.15, 0.2) is 28.7 Å². The molecule has 1 saturated carbocycles. The fourth-order valence-corrected chi connectivity index (χ4v) is 5.25. The van der Waals surface area contributed by atoms with Crippen LogP contribution in [0, 0.1) is 0 Å². The zero-order chi connectivity index (χ0) is 17.3. The Labute approximate surface area is 150 Å². The Bertz CT molecular complexity index is 736. The fraction of sp³-hybridized carbons (Fsp3) is 0.632. The van der Waals surface area contributed by atoms with E-state index >= 15 is 0 Å². The monoisotopic (exact) mass is 362 g/mol. The van der Waals surface area contributed by atoms with Crippen molar-refractivity contribution in [1.82, 2.24) is 4.90 Å². The minimum Gasteiger partial charge on any atom is -0.490 e. The normalized spacial score (nSPS) is 26.6. The maximum atomic E-state index is 11.9. The number of sulfonamides is 1. The number of amidine groups is 1. The van der Waals surface area contributed by atoms with Crippen LogP contribution in [0.2, 0.25) is 0 Å². The minimum absolute atomic E-state index is 0.0764. The van der Waals surface area contributed by atoms with Gasteiger partial charge in [-0.25, -0.2) is 8.42 Å². The summed E-state index contributed by atoms with van der Waals surface area (Å²) in [6, 6.07) is 8.22. The molecule has 0 bridgehead atoms. The third-order valence-corrected chi connectivity index (χ3v) is 6.71. The average molecular weight is 362 g/mol. The van der Waals surface area contributed by atoms with Crippen molar-refractivity contribution in [2.75, 3.05) is 18.8 Å². The van der Waals surface area contributed by atoms with Crippen molar-refractivity contribution in [2.45, 2.75) is 57.0 Å². The highest BCUT2D eigenvalue weighted by atomic mass is 32.2. The van der Waals surface area contributed by atoms with Gasteiger partial charge in [-0.2, -0.15) is 0 Å². The number of nitrogens with zero attached hydrogens (tertiary/aromatic N) is 2. The van der Waals surface area contributed by atoms with Crippen LogP contribution >= 0.6 is 0 Å². The van der Waals surface area contributed by atoms with Gasteiger partial charge in [0, 0.05) is 19.0 Å². The van der Waals surface area contributed by atoms with Gasteiger partial charge in [-0.3, -0.25) is 0 Å². The van der Waals surface area contributed by atoms with Crippen LogP contribution in [-0.4, -0.2) is 44.1 Å². The average Bonchev–Trinajstić information content (AvgIpc) is 2.62. The molecule has 25 heavy (non-hydrogen) atoms. The first kappa shape index (κ1) is 16.9. The van der Waals surface area contributed by atoms with E-state index in [9.17, 15) is 8.42 Å². The molecule has 1 atom stereocenters. The summed E-state index contributed by atoms with van der Waals surface area (Å²) in [5.74, 6) is 1.87. The van der Waals surface area contributed by atoms with Crippen LogP contribution in [0.5, 0.6) is 5.75 Å². The standard InChI is InChI=1S/C19H26N2O3S/c22-25(23)14-13-21-12-4-7-18(19(21)20-25)15-8-10-17(11-9-15)24-16-5-2-1-3-6-16/h8-11,16,18H,1-7,12-14H2. The van der Waals surface area contributed by atoms with Gasteiger partial charge in [0.1, 0.15) is 11.6 Å². The largest absolute Gasteiger partial charge is 0.490 e. The molecule has 2 aliphatic heterocycles. The van der Waals surface area contributed by atoms with Crippen molar-refractivity contribution in [3.05, 3.63) is 29.8 Å². The van der Waals surface area contributed by atoms with E-state index in [4.69, 9.17) is 4.74 Å². The zero-order valence-corrected chi connectivity index (χ0v) is 15.4. The highest BCUT2D eigenvalue weighted by Crippen LogP contribution is 2.33. The number of piperidine rings is 1. The summed E-state index contributed by atoms with van der Waals surface area (Å²) in [6.45, 7) is 1.48. The van der Waals surface area contributed by atoms with Gasteiger partial charge < -0.3 is 9.64 Å². The number of hydrogen-bond acceptors (Lipinski definition) is 4. The molecule has 0 spiro atoms. The lowest BCUT2D eigenvalue weighted by Crippen LogP contribution is -2.46. The second kappa shape index (κ2) is 6.98. The van der Waals surface area contributed by atoms with Gasteiger partial charge in [0.05, 0.1) is 11.9 Å².